The molecule has 3 aromatic rings. The number of nitrogens with one attached hydrogen (secondary N) is 2. The molecule has 0 aliphatic carbocycles. The van der Waals surface area contributed by atoms with Crippen LogP contribution in [-0.4, -0.2) is 47.3 Å². The summed E-state index contributed by atoms with van der Waals surface area (Å²) >= 11 is 6.84. The van der Waals surface area contributed by atoms with E-state index in [-0.39, 0.29) is 12.2 Å². The average Bonchev–Trinajstić information content (AvgIpc) is 3.55. The molecule has 1 fully saturated rings. The van der Waals surface area contributed by atoms with Gasteiger partial charge in [0.2, 0.25) is 0 Å². The molecule has 1 aliphatic rings. The van der Waals surface area contributed by atoms with Crippen LogP contribution in [0.5, 0.6) is 0 Å². The summed E-state index contributed by atoms with van der Waals surface area (Å²) < 4.78 is 17.2. The minimum absolute atomic E-state index is 0.0436. The maximum Gasteiger partial charge on any atom is 0.268 e. The number of amides is 2. The lowest BCUT2D eigenvalue weighted by molar-refractivity contribution is -0.118. The number of hydrogen-bond acceptors (Lipinski definition) is 7. The number of thiocarbonyl (C=S) groups is 1. The third-order valence-electron chi connectivity index (χ3n) is 4.88. The van der Waals surface area contributed by atoms with Gasteiger partial charge in [-0.25, -0.2) is 0 Å². The number of benzene rings is 1. The van der Waals surface area contributed by atoms with Crippen molar-refractivity contribution in [1.82, 2.24) is 15.5 Å². The van der Waals surface area contributed by atoms with Crippen molar-refractivity contribution in [2.75, 3.05) is 26.3 Å². The van der Waals surface area contributed by atoms with Gasteiger partial charge >= 0.3 is 0 Å². The van der Waals surface area contributed by atoms with Crippen LogP contribution in [0.3, 0.4) is 0 Å². The molecular formula is C24H23N3O5S2. The fraction of sp³-hybridized carbons (Fsp3) is 0.208. The second-order valence-corrected chi connectivity index (χ2v) is 8.90. The van der Waals surface area contributed by atoms with E-state index in [9.17, 15) is 9.59 Å². The van der Waals surface area contributed by atoms with Crippen LogP contribution >= 0.6 is 24.0 Å². The molecule has 0 radical (unpaired) electrons. The average molecular weight is 498 g/mol. The van der Waals surface area contributed by atoms with Gasteiger partial charge in [0.25, 0.3) is 11.8 Å². The van der Waals surface area contributed by atoms with E-state index < -0.39 is 11.8 Å². The minimum atomic E-state index is -0.477. The molecule has 0 saturated carbocycles. The third kappa shape index (κ3) is 6.60. The summed E-state index contributed by atoms with van der Waals surface area (Å²) in [4.78, 5) is 27.6. The Balaban J connectivity index is 1.48. The maximum atomic E-state index is 12.9. The van der Waals surface area contributed by atoms with Crippen molar-refractivity contribution in [2.24, 2.45) is 0 Å². The molecule has 3 heterocycles. The smallest absolute Gasteiger partial charge is 0.268 e. The van der Waals surface area contributed by atoms with Crippen LogP contribution in [-0.2, 0) is 16.1 Å². The summed E-state index contributed by atoms with van der Waals surface area (Å²) in [6, 6.07) is 15.6. The van der Waals surface area contributed by atoms with E-state index in [2.05, 4.69) is 15.5 Å². The van der Waals surface area contributed by atoms with Crippen molar-refractivity contribution in [3.8, 4) is 0 Å². The molecule has 2 amide bonds. The van der Waals surface area contributed by atoms with Gasteiger partial charge in [-0.05, 0) is 48.2 Å². The van der Waals surface area contributed by atoms with Gasteiger partial charge in [-0.1, -0.05) is 30.4 Å². The largest absolute Gasteiger partial charge is 0.467 e. The molecule has 0 unspecified atom stereocenters. The minimum Gasteiger partial charge on any atom is -0.467 e. The highest BCUT2D eigenvalue weighted by Gasteiger charge is 2.18. The molecule has 8 nitrogen and oxygen atoms in total. The summed E-state index contributed by atoms with van der Waals surface area (Å²) in [5.74, 6) is 0.115. The number of morpholine rings is 1. The molecule has 1 saturated heterocycles. The second-order valence-electron chi connectivity index (χ2n) is 7.26. The fourth-order valence-corrected chi connectivity index (χ4v) is 4.31. The Hall–Kier alpha value is -3.34. The van der Waals surface area contributed by atoms with Crippen molar-refractivity contribution in [3.63, 3.8) is 0 Å². The quantitative estimate of drug-likeness (QED) is 0.290. The van der Waals surface area contributed by atoms with Crippen molar-refractivity contribution < 1.29 is 23.2 Å². The van der Waals surface area contributed by atoms with E-state index >= 15 is 0 Å². The van der Waals surface area contributed by atoms with Crippen molar-refractivity contribution >= 4 is 46.2 Å². The van der Waals surface area contributed by atoms with E-state index in [0.29, 0.717) is 39.7 Å². The number of carbonyl (C=O) groups excluding carboxylic acids is 2. The molecule has 1 aromatic carbocycles. The van der Waals surface area contributed by atoms with Crippen molar-refractivity contribution in [2.45, 2.75) is 11.6 Å². The predicted molar refractivity (Wildman–Crippen MR) is 132 cm³/mol. The van der Waals surface area contributed by atoms with E-state index in [1.54, 1.807) is 48.5 Å². The van der Waals surface area contributed by atoms with Gasteiger partial charge in [0.15, 0.2) is 5.09 Å². The zero-order valence-electron chi connectivity index (χ0n) is 18.2. The normalized spacial score (nSPS) is 14.0. The number of thioether (sulfide) groups is 1. The highest BCUT2D eigenvalue weighted by Crippen LogP contribution is 2.25. The Morgan fingerprint density at radius 1 is 1.06 bits per heavy atom. The second kappa shape index (κ2) is 11.7. The Kier molecular flexibility index (Phi) is 8.18. The maximum absolute atomic E-state index is 12.9. The van der Waals surface area contributed by atoms with Crippen LogP contribution in [0.2, 0.25) is 0 Å². The lowest BCUT2D eigenvalue weighted by Crippen LogP contribution is -2.38. The summed E-state index contributed by atoms with van der Waals surface area (Å²) in [6.45, 7) is 2.95. The van der Waals surface area contributed by atoms with E-state index in [1.165, 1.54) is 24.1 Å². The molecule has 176 valence electrons. The van der Waals surface area contributed by atoms with Crippen LogP contribution in [0.4, 0.5) is 0 Å². The number of hydrogen-bond donors (Lipinski definition) is 2. The molecule has 2 aromatic heterocycles. The lowest BCUT2D eigenvalue weighted by atomic mass is 10.2. The number of rotatable bonds is 7. The van der Waals surface area contributed by atoms with Gasteiger partial charge in [-0.3, -0.25) is 9.59 Å². The molecule has 34 heavy (non-hydrogen) atoms. The SMILES string of the molecule is O=C(NCc1ccco1)/C(=C/c1ccc(SC(=S)N2CCOCC2)o1)NC(=O)c1ccccc1. The van der Waals surface area contributed by atoms with Crippen molar-refractivity contribution in [1.29, 1.82) is 0 Å². The third-order valence-corrected chi connectivity index (χ3v) is 6.24. The Bertz CT molecular complexity index is 1150. The molecule has 0 atom stereocenters. The number of ether oxygens (including phenoxy) is 1. The monoisotopic (exact) mass is 497 g/mol. The molecule has 1 aliphatic heterocycles. The molecule has 0 bridgehead atoms. The highest BCUT2D eigenvalue weighted by molar-refractivity contribution is 8.22. The summed E-state index contributed by atoms with van der Waals surface area (Å²) in [6.07, 6.45) is 3.01. The van der Waals surface area contributed by atoms with Gasteiger partial charge in [0.1, 0.15) is 21.5 Å². The van der Waals surface area contributed by atoms with E-state index in [1.807, 2.05) is 6.07 Å². The first-order valence-corrected chi connectivity index (χ1v) is 11.8. The van der Waals surface area contributed by atoms with E-state index in [4.69, 9.17) is 25.8 Å². The molecule has 0 spiro atoms. The standard InChI is InChI=1S/C24H23N3O5S2/c28-22(17-5-2-1-3-6-17)26-20(23(29)25-16-19-7-4-12-31-19)15-18-8-9-21(32-18)34-24(33)27-10-13-30-14-11-27/h1-9,12,15H,10-11,13-14,16H2,(H,25,29)(H,26,28)/b20-15-. The van der Waals surface area contributed by atoms with Gasteiger partial charge in [-0.2, -0.15) is 0 Å². The summed E-state index contributed by atoms with van der Waals surface area (Å²) in [5.41, 5.74) is 0.473. The first kappa shape index (κ1) is 23.8. The number of nitrogens with zero attached hydrogens (tertiary/aromatic N) is 1. The topological polar surface area (TPSA) is 97.0 Å². The van der Waals surface area contributed by atoms with Gasteiger partial charge in [0.05, 0.1) is 26.0 Å². The number of carbonyl (C=O) groups is 2. The Morgan fingerprint density at radius 2 is 1.85 bits per heavy atom. The summed E-state index contributed by atoms with van der Waals surface area (Å²) in [7, 11) is 0. The zero-order chi connectivity index (χ0) is 23.8. The first-order chi connectivity index (χ1) is 16.6. The summed E-state index contributed by atoms with van der Waals surface area (Å²) in [5, 5.41) is 6.01. The Labute approximate surface area is 206 Å². The highest BCUT2D eigenvalue weighted by atomic mass is 32.2. The van der Waals surface area contributed by atoms with Gasteiger partial charge < -0.3 is 29.1 Å². The zero-order valence-corrected chi connectivity index (χ0v) is 19.8. The molecule has 2 N–H and O–H groups in total. The Morgan fingerprint density at radius 3 is 2.59 bits per heavy atom. The van der Waals surface area contributed by atoms with Gasteiger partial charge in [-0.15, -0.1) is 0 Å². The lowest BCUT2D eigenvalue weighted by Gasteiger charge is -2.28. The fourth-order valence-electron chi connectivity index (χ4n) is 3.12. The van der Waals surface area contributed by atoms with Crippen LogP contribution in [0.1, 0.15) is 21.9 Å². The first-order valence-electron chi connectivity index (χ1n) is 10.6. The van der Waals surface area contributed by atoms with Crippen LogP contribution < -0.4 is 10.6 Å². The number of furan rings is 2. The van der Waals surface area contributed by atoms with Crippen LogP contribution in [0, 0.1) is 0 Å². The van der Waals surface area contributed by atoms with E-state index in [0.717, 1.165) is 13.1 Å². The van der Waals surface area contributed by atoms with Crippen molar-refractivity contribution in [3.05, 3.63) is 83.6 Å². The molecule has 4 rings (SSSR count). The molecule has 10 heteroatoms. The molecular weight excluding hydrogens is 474 g/mol. The predicted octanol–water partition coefficient (Wildman–Crippen LogP) is 3.67. The van der Waals surface area contributed by atoms with Crippen LogP contribution in [0.25, 0.3) is 6.08 Å². The van der Waals surface area contributed by atoms with Gasteiger partial charge in [0, 0.05) is 24.7 Å². The van der Waals surface area contributed by atoms with Crippen LogP contribution in [0.15, 0.2) is 80.5 Å².